The number of aliphatic hydroxyl groups is 1. The second-order valence-corrected chi connectivity index (χ2v) is 3.36. The Kier molecular flexibility index (Phi) is 5.53. The number of esters is 1. The van der Waals surface area contributed by atoms with Gasteiger partial charge in [0.25, 0.3) is 0 Å². The summed E-state index contributed by atoms with van der Waals surface area (Å²) in [4.78, 5) is 11.5. The molecule has 1 rings (SSSR count). The summed E-state index contributed by atoms with van der Waals surface area (Å²) in [7, 11) is 1.51. The zero-order valence-electron chi connectivity index (χ0n) is 9.26. The van der Waals surface area contributed by atoms with E-state index in [1.807, 2.05) is 6.07 Å². The summed E-state index contributed by atoms with van der Waals surface area (Å²) < 4.78 is 10.1. The number of carbonyl (C=O) groups excluding carboxylic acids is 1. The van der Waals surface area contributed by atoms with E-state index in [4.69, 9.17) is 14.6 Å². The normalized spacial score (nSPS) is 12.1. The molecular weight excluding hydrogens is 208 g/mol. The first-order chi connectivity index (χ1) is 7.76. The molecule has 0 saturated carbocycles. The Morgan fingerprint density at radius 2 is 2.06 bits per heavy atom. The molecule has 0 saturated heterocycles. The van der Waals surface area contributed by atoms with E-state index in [1.165, 1.54) is 7.11 Å². The number of benzene rings is 1. The lowest BCUT2D eigenvalue weighted by Crippen LogP contribution is -2.20. The van der Waals surface area contributed by atoms with Crippen molar-refractivity contribution in [2.75, 3.05) is 13.7 Å². The highest BCUT2D eigenvalue weighted by Crippen LogP contribution is 2.11. The molecule has 0 spiro atoms. The van der Waals surface area contributed by atoms with E-state index < -0.39 is 0 Å². The van der Waals surface area contributed by atoms with Crippen LogP contribution in [-0.4, -0.2) is 30.9 Å². The van der Waals surface area contributed by atoms with Crippen molar-refractivity contribution in [2.45, 2.75) is 18.9 Å². The third-order valence-corrected chi connectivity index (χ3v) is 2.15. The van der Waals surface area contributed by atoms with Crippen LogP contribution in [0.25, 0.3) is 0 Å². The molecule has 16 heavy (non-hydrogen) atoms. The maximum atomic E-state index is 11.5. The number of para-hydroxylation sites is 1. The van der Waals surface area contributed by atoms with Crippen LogP contribution < -0.4 is 4.74 Å². The molecule has 88 valence electrons. The summed E-state index contributed by atoms with van der Waals surface area (Å²) in [5.41, 5.74) is 0. The topological polar surface area (TPSA) is 55.8 Å². The number of methoxy groups -OCH3 is 1. The van der Waals surface area contributed by atoms with Gasteiger partial charge in [-0.3, -0.25) is 4.79 Å². The lowest BCUT2D eigenvalue weighted by Gasteiger charge is -2.12. The van der Waals surface area contributed by atoms with Crippen LogP contribution in [0.3, 0.4) is 0 Å². The van der Waals surface area contributed by atoms with Crippen LogP contribution in [0.5, 0.6) is 5.75 Å². The Hall–Kier alpha value is -1.39. The van der Waals surface area contributed by atoms with Gasteiger partial charge < -0.3 is 14.6 Å². The molecule has 0 aliphatic heterocycles. The fourth-order valence-corrected chi connectivity index (χ4v) is 1.29. The van der Waals surface area contributed by atoms with Gasteiger partial charge in [-0.25, -0.2) is 0 Å². The van der Waals surface area contributed by atoms with Gasteiger partial charge in [0, 0.05) is 13.7 Å². The van der Waals surface area contributed by atoms with Crippen LogP contribution in [-0.2, 0) is 9.53 Å². The molecule has 1 aromatic rings. The third kappa shape index (κ3) is 4.42. The predicted molar refractivity (Wildman–Crippen MR) is 59.2 cm³/mol. The molecule has 1 N–H and O–H groups in total. The summed E-state index contributed by atoms with van der Waals surface area (Å²) in [6.07, 6.45) is 0.285. The smallest absolute Gasteiger partial charge is 0.313 e. The van der Waals surface area contributed by atoms with Crippen molar-refractivity contribution in [1.82, 2.24) is 0 Å². The van der Waals surface area contributed by atoms with Crippen molar-refractivity contribution in [2.24, 2.45) is 0 Å². The summed E-state index contributed by atoms with van der Waals surface area (Å²) in [6, 6.07) is 8.87. The lowest BCUT2D eigenvalue weighted by atomic mass is 10.2. The largest absolute Gasteiger partial charge is 0.426 e. The molecule has 0 heterocycles. The molecule has 1 atom stereocenters. The standard InChI is InChI=1S/C12H16O4/c1-15-11(7-8-13)9-12(14)16-10-5-3-2-4-6-10/h2-6,11,13H,7-9H2,1H3. The van der Waals surface area contributed by atoms with Gasteiger partial charge in [0.05, 0.1) is 12.5 Å². The Morgan fingerprint density at radius 3 is 2.62 bits per heavy atom. The third-order valence-electron chi connectivity index (χ3n) is 2.15. The number of hydrogen-bond donors (Lipinski definition) is 1. The van der Waals surface area contributed by atoms with E-state index in [2.05, 4.69) is 0 Å². The molecule has 1 unspecified atom stereocenters. The van der Waals surface area contributed by atoms with Gasteiger partial charge in [-0.2, -0.15) is 0 Å². The van der Waals surface area contributed by atoms with Gasteiger partial charge in [0.15, 0.2) is 0 Å². The van der Waals surface area contributed by atoms with Crippen molar-refractivity contribution in [3.05, 3.63) is 30.3 Å². The Balaban J connectivity index is 2.41. The second-order valence-electron chi connectivity index (χ2n) is 3.36. The van der Waals surface area contributed by atoms with Gasteiger partial charge in [0.2, 0.25) is 0 Å². The van der Waals surface area contributed by atoms with Gasteiger partial charge in [-0.15, -0.1) is 0 Å². The molecule has 0 aliphatic rings. The van der Waals surface area contributed by atoms with Crippen LogP contribution in [0.1, 0.15) is 12.8 Å². The molecule has 0 radical (unpaired) electrons. The number of rotatable bonds is 6. The van der Waals surface area contributed by atoms with Crippen molar-refractivity contribution >= 4 is 5.97 Å². The molecule has 0 fully saturated rings. The number of ether oxygens (including phenoxy) is 2. The summed E-state index contributed by atoms with van der Waals surface area (Å²) in [5, 5.41) is 8.74. The second kappa shape index (κ2) is 6.98. The first-order valence-electron chi connectivity index (χ1n) is 5.15. The molecule has 4 heteroatoms. The fraction of sp³-hybridized carbons (Fsp3) is 0.417. The number of carbonyl (C=O) groups is 1. The van der Waals surface area contributed by atoms with Gasteiger partial charge in [-0.05, 0) is 18.6 Å². The number of aliphatic hydroxyl groups excluding tert-OH is 1. The molecule has 4 nitrogen and oxygen atoms in total. The quantitative estimate of drug-likeness (QED) is 0.586. The Labute approximate surface area is 94.8 Å². The fourth-order valence-electron chi connectivity index (χ4n) is 1.29. The Morgan fingerprint density at radius 1 is 1.38 bits per heavy atom. The maximum absolute atomic E-state index is 11.5. The SMILES string of the molecule is COC(CCO)CC(=O)Oc1ccccc1. The van der Waals surface area contributed by atoms with Crippen LogP contribution in [0.2, 0.25) is 0 Å². The zero-order chi connectivity index (χ0) is 11.8. The maximum Gasteiger partial charge on any atom is 0.313 e. The lowest BCUT2D eigenvalue weighted by molar-refractivity contribution is -0.137. The van der Waals surface area contributed by atoms with Gasteiger partial charge in [0.1, 0.15) is 5.75 Å². The van der Waals surface area contributed by atoms with E-state index in [0.29, 0.717) is 12.2 Å². The zero-order valence-corrected chi connectivity index (χ0v) is 9.26. The van der Waals surface area contributed by atoms with Crippen molar-refractivity contribution < 1.29 is 19.4 Å². The van der Waals surface area contributed by atoms with Gasteiger partial charge >= 0.3 is 5.97 Å². The molecule has 0 amide bonds. The molecule has 1 aromatic carbocycles. The van der Waals surface area contributed by atoms with E-state index in [-0.39, 0.29) is 25.1 Å². The van der Waals surface area contributed by atoms with Crippen molar-refractivity contribution in [1.29, 1.82) is 0 Å². The number of hydrogen-bond acceptors (Lipinski definition) is 4. The first kappa shape index (κ1) is 12.7. The summed E-state index contributed by atoms with van der Waals surface area (Å²) in [5.74, 6) is 0.165. The average molecular weight is 224 g/mol. The molecule has 0 bridgehead atoms. The average Bonchev–Trinajstić information content (AvgIpc) is 2.29. The van der Waals surface area contributed by atoms with Crippen LogP contribution >= 0.6 is 0 Å². The summed E-state index contributed by atoms with van der Waals surface area (Å²) in [6.45, 7) is -0.00285. The highest BCUT2D eigenvalue weighted by Gasteiger charge is 2.14. The van der Waals surface area contributed by atoms with E-state index >= 15 is 0 Å². The molecule has 0 aliphatic carbocycles. The highest BCUT2D eigenvalue weighted by atomic mass is 16.5. The Bertz CT molecular complexity index is 310. The van der Waals surface area contributed by atoms with E-state index in [0.717, 1.165) is 0 Å². The van der Waals surface area contributed by atoms with Crippen LogP contribution in [0.15, 0.2) is 30.3 Å². The minimum Gasteiger partial charge on any atom is -0.426 e. The van der Waals surface area contributed by atoms with Gasteiger partial charge in [-0.1, -0.05) is 18.2 Å². The molecule has 0 aromatic heterocycles. The molecular formula is C12H16O4. The van der Waals surface area contributed by atoms with Crippen molar-refractivity contribution in [3.63, 3.8) is 0 Å². The van der Waals surface area contributed by atoms with Crippen LogP contribution in [0.4, 0.5) is 0 Å². The minimum atomic E-state index is -0.355. The van der Waals surface area contributed by atoms with Crippen molar-refractivity contribution in [3.8, 4) is 5.75 Å². The monoisotopic (exact) mass is 224 g/mol. The summed E-state index contributed by atoms with van der Waals surface area (Å²) >= 11 is 0. The minimum absolute atomic E-state index is 0.00285. The predicted octanol–water partition coefficient (Wildman–Crippen LogP) is 1.38. The van der Waals surface area contributed by atoms with E-state index in [9.17, 15) is 4.79 Å². The highest BCUT2D eigenvalue weighted by molar-refractivity contribution is 5.72. The van der Waals surface area contributed by atoms with Crippen LogP contribution in [0, 0.1) is 0 Å². The van der Waals surface area contributed by atoms with E-state index in [1.54, 1.807) is 24.3 Å². The first-order valence-corrected chi connectivity index (χ1v) is 5.15.